The van der Waals surface area contributed by atoms with E-state index >= 15 is 0 Å². The zero-order valence-corrected chi connectivity index (χ0v) is 18.4. The predicted octanol–water partition coefficient (Wildman–Crippen LogP) is 4.96. The number of thioether (sulfide) groups is 1. The number of benzene rings is 1. The van der Waals surface area contributed by atoms with Gasteiger partial charge in [-0.2, -0.15) is 4.98 Å². The predicted molar refractivity (Wildman–Crippen MR) is 114 cm³/mol. The summed E-state index contributed by atoms with van der Waals surface area (Å²) in [6, 6.07) is 5.60. The zero-order valence-electron chi connectivity index (χ0n) is 16.0. The molecule has 0 radical (unpaired) electrons. The standard InChI is InChI=1S/C20H23BrN4O2S/c1-3-10-28-20-23-19-22-14-6-5-7-15(26)17(14)18(25(19)24-20)13-11-12(21)8-9-16(13)27-4-2/h8-9,11,18H,3-7,10H2,1-2H3,(H,22,23,24). The third-order valence-electron chi connectivity index (χ3n) is 4.85. The molecule has 0 saturated carbocycles. The maximum Gasteiger partial charge on any atom is 0.227 e. The van der Waals surface area contributed by atoms with Gasteiger partial charge in [-0.05, 0) is 44.4 Å². The Kier molecular flexibility index (Phi) is 5.78. The summed E-state index contributed by atoms with van der Waals surface area (Å²) in [6.45, 7) is 4.66. The van der Waals surface area contributed by atoms with Crippen LogP contribution in [-0.2, 0) is 4.79 Å². The first-order valence-electron chi connectivity index (χ1n) is 9.67. The van der Waals surface area contributed by atoms with E-state index in [0.717, 1.165) is 57.2 Å². The number of hydrogen-bond acceptors (Lipinski definition) is 6. The van der Waals surface area contributed by atoms with Crippen LogP contribution in [0, 0.1) is 0 Å². The van der Waals surface area contributed by atoms with Crippen LogP contribution in [0.5, 0.6) is 5.75 Å². The third kappa shape index (κ3) is 3.59. The van der Waals surface area contributed by atoms with Crippen LogP contribution in [0.15, 0.2) is 39.1 Å². The van der Waals surface area contributed by atoms with Crippen LogP contribution >= 0.6 is 27.7 Å². The van der Waals surface area contributed by atoms with Crippen molar-refractivity contribution in [2.24, 2.45) is 0 Å². The molecule has 6 nitrogen and oxygen atoms in total. The Morgan fingerprint density at radius 1 is 1.36 bits per heavy atom. The average Bonchev–Trinajstić information content (AvgIpc) is 3.09. The van der Waals surface area contributed by atoms with E-state index in [-0.39, 0.29) is 11.8 Å². The number of halogens is 1. The highest BCUT2D eigenvalue weighted by Gasteiger charge is 2.38. The van der Waals surface area contributed by atoms with E-state index < -0.39 is 0 Å². The van der Waals surface area contributed by atoms with Gasteiger partial charge in [0.15, 0.2) is 5.78 Å². The molecule has 2 heterocycles. The topological polar surface area (TPSA) is 69.0 Å². The Morgan fingerprint density at radius 2 is 2.21 bits per heavy atom. The molecule has 0 saturated heterocycles. The lowest BCUT2D eigenvalue weighted by atomic mass is 9.85. The smallest absolute Gasteiger partial charge is 0.227 e. The van der Waals surface area contributed by atoms with Crippen LogP contribution < -0.4 is 10.1 Å². The minimum absolute atomic E-state index is 0.171. The Labute approximate surface area is 177 Å². The summed E-state index contributed by atoms with van der Waals surface area (Å²) in [5, 5.41) is 8.86. The van der Waals surface area contributed by atoms with E-state index in [1.54, 1.807) is 11.8 Å². The molecular formula is C20H23BrN4O2S. The van der Waals surface area contributed by atoms with E-state index in [2.05, 4.69) is 33.2 Å². The number of allylic oxidation sites excluding steroid dienone is 2. The number of ether oxygens (including phenoxy) is 1. The largest absolute Gasteiger partial charge is 0.494 e. The highest BCUT2D eigenvalue weighted by molar-refractivity contribution is 9.10. The number of hydrogen-bond donors (Lipinski definition) is 1. The molecule has 2 aromatic rings. The van der Waals surface area contributed by atoms with Crippen molar-refractivity contribution in [2.75, 3.05) is 17.7 Å². The second kappa shape index (κ2) is 8.29. The Bertz CT molecular complexity index is 940. The number of ketones is 1. The van der Waals surface area contributed by atoms with Crippen LogP contribution in [0.1, 0.15) is 51.1 Å². The molecule has 0 bridgehead atoms. The van der Waals surface area contributed by atoms with Gasteiger partial charge in [-0.25, -0.2) is 4.68 Å². The van der Waals surface area contributed by atoms with Crippen LogP contribution in [-0.4, -0.2) is 32.9 Å². The maximum absolute atomic E-state index is 12.9. The summed E-state index contributed by atoms with van der Waals surface area (Å²) in [5.41, 5.74) is 2.68. The molecule has 8 heteroatoms. The van der Waals surface area contributed by atoms with Gasteiger partial charge in [-0.3, -0.25) is 4.79 Å². The number of carbonyl (C=O) groups is 1. The summed E-state index contributed by atoms with van der Waals surface area (Å²) in [6.07, 6.45) is 3.33. The molecule has 1 atom stereocenters. The van der Waals surface area contributed by atoms with Gasteiger partial charge in [-0.15, -0.1) is 5.10 Å². The highest BCUT2D eigenvalue weighted by Crippen LogP contribution is 2.43. The Balaban J connectivity index is 1.88. The molecular weight excluding hydrogens is 440 g/mol. The summed E-state index contributed by atoms with van der Waals surface area (Å²) in [7, 11) is 0. The molecule has 0 amide bonds. The SMILES string of the molecule is CCCSc1nc2n(n1)C(c1cc(Br)ccc1OCC)C1=C(CCCC1=O)N2. The van der Waals surface area contributed by atoms with Gasteiger partial charge in [0.1, 0.15) is 11.8 Å². The molecule has 1 aliphatic heterocycles. The lowest BCUT2D eigenvalue weighted by Gasteiger charge is -2.32. The number of fused-ring (bicyclic) bond motifs is 1. The zero-order chi connectivity index (χ0) is 19.7. The minimum Gasteiger partial charge on any atom is -0.494 e. The second-order valence-corrected chi connectivity index (χ2v) is 8.80. The molecule has 0 fully saturated rings. The van der Waals surface area contributed by atoms with E-state index in [1.807, 2.05) is 29.8 Å². The van der Waals surface area contributed by atoms with Crippen LogP contribution in [0.25, 0.3) is 0 Å². The van der Waals surface area contributed by atoms with E-state index in [0.29, 0.717) is 19.0 Å². The maximum atomic E-state index is 12.9. The number of rotatable bonds is 6. The number of nitrogens with zero attached hydrogens (tertiary/aromatic N) is 3. The fraction of sp³-hybridized carbons (Fsp3) is 0.450. The van der Waals surface area contributed by atoms with Crippen molar-refractivity contribution >= 4 is 39.4 Å². The first kappa shape index (κ1) is 19.5. The van der Waals surface area contributed by atoms with Crippen LogP contribution in [0.3, 0.4) is 0 Å². The van der Waals surface area contributed by atoms with Crippen molar-refractivity contribution in [3.05, 3.63) is 39.5 Å². The van der Waals surface area contributed by atoms with Crippen molar-refractivity contribution < 1.29 is 9.53 Å². The summed E-state index contributed by atoms with van der Waals surface area (Å²) in [4.78, 5) is 17.6. The van der Waals surface area contributed by atoms with Crippen molar-refractivity contribution in [1.82, 2.24) is 14.8 Å². The summed E-state index contributed by atoms with van der Waals surface area (Å²) < 4.78 is 8.70. The number of nitrogens with one attached hydrogen (secondary N) is 1. The summed E-state index contributed by atoms with van der Waals surface area (Å²) >= 11 is 5.21. The normalized spacial score (nSPS) is 18.5. The molecule has 1 aromatic carbocycles. The number of carbonyl (C=O) groups excluding carboxylic acids is 1. The van der Waals surface area contributed by atoms with Crippen molar-refractivity contribution in [1.29, 1.82) is 0 Å². The second-order valence-electron chi connectivity index (χ2n) is 6.82. The average molecular weight is 463 g/mol. The van der Waals surface area contributed by atoms with Gasteiger partial charge in [0.25, 0.3) is 0 Å². The van der Waals surface area contributed by atoms with Crippen molar-refractivity contribution in [3.63, 3.8) is 0 Å². The quantitative estimate of drug-likeness (QED) is 0.611. The van der Waals surface area contributed by atoms with E-state index in [9.17, 15) is 4.79 Å². The molecule has 1 aliphatic carbocycles. The molecule has 28 heavy (non-hydrogen) atoms. The lowest BCUT2D eigenvalue weighted by molar-refractivity contribution is -0.116. The van der Waals surface area contributed by atoms with Crippen LogP contribution in [0.4, 0.5) is 5.95 Å². The van der Waals surface area contributed by atoms with E-state index in [4.69, 9.17) is 9.84 Å². The van der Waals surface area contributed by atoms with Gasteiger partial charge < -0.3 is 10.1 Å². The molecule has 1 unspecified atom stereocenters. The number of aromatic nitrogens is 3. The fourth-order valence-electron chi connectivity index (χ4n) is 3.70. The first-order chi connectivity index (χ1) is 13.6. The van der Waals surface area contributed by atoms with Gasteiger partial charge in [-0.1, -0.05) is 34.6 Å². The fourth-order valence-corrected chi connectivity index (χ4v) is 4.76. The monoisotopic (exact) mass is 462 g/mol. The van der Waals surface area contributed by atoms with Gasteiger partial charge in [0.2, 0.25) is 11.1 Å². The molecule has 4 rings (SSSR count). The van der Waals surface area contributed by atoms with Crippen molar-refractivity contribution in [3.8, 4) is 5.75 Å². The molecule has 0 spiro atoms. The molecule has 2 aliphatic rings. The number of Topliss-reactive ketones (excluding diaryl/α,β-unsaturated/α-hetero) is 1. The van der Waals surface area contributed by atoms with E-state index in [1.165, 1.54) is 0 Å². The first-order valence-corrected chi connectivity index (χ1v) is 11.4. The van der Waals surface area contributed by atoms with Gasteiger partial charge >= 0.3 is 0 Å². The summed E-state index contributed by atoms with van der Waals surface area (Å²) in [5.74, 6) is 2.60. The number of anilines is 1. The Hall–Kier alpha value is -1.80. The van der Waals surface area contributed by atoms with Gasteiger partial charge in [0.05, 0.1) is 6.61 Å². The molecule has 1 N–H and O–H groups in total. The van der Waals surface area contributed by atoms with Crippen LogP contribution in [0.2, 0.25) is 0 Å². The Morgan fingerprint density at radius 3 is 3.00 bits per heavy atom. The van der Waals surface area contributed by atoms with Crippen molar-refractivity contribution in [2.45, 2.75) is 50.7 Å². The minimum atomic E-state index is -0.332. The highest BCUT2D eigenvalue weighted by atomic mass is 79.9. The molecule has 1 aromatic heterocycles. The van der Waals surface area contributed by atoms with Gasteiger partial charge in [0, 0.05) is 33.5 Å². The molecule has 148 valence electrons. The lowest BCUT2D eigenvalue weighted by Crippen LogP contribution is -2.31. The third-order valence-corrected chi connectivity index (χ3v) is 6.39.